The van der Waals surface area contributed by atoms with E-state index in [4.69, 9.17) is 0 Å². The van der Waals surface area contributed by atoms with Crippen LogP contribution in [0, 0.1) is 0 Å². The Labute approximate surface area is 156 Å². The molecule has 0 saturated heterocycles. The van der Waals surface area contributed by atoms with Crippen molar-refractivity contribution in [2.75, 3.05) is 5.75 Å². The Morgan fingerprint density at radius 1 is 1.18 bits per heavy atom. The van der Waals surface area contributed by atoms with Gasteiger partial charge in [-0.2, -0.15) is 0 Å². The van der Waals surface area contributed by atoms with Crippen molar-refractivity contribution >= 4 is 26.5 Å². The molecule has 0 unspecified atom stereocenters. The first-order valence-corrected chi connectivity index (χ1v) is 9.92. The fourth-order valence-electron chi connectivity index (χ4n) is 3.13. The molecule has 0 amide bonds. The van der Waals surface area contributed by atoms with E-state index in [1.165, 1.54) is 16.5 Å². The third-order valence-corrected chi connectivity index (χ3v) is 6.13. The Bertz CT molecular complexity index is 1320. The zero-order chi connectivity index (χ0) is 19.7. The number of hydrogen-bond acceptors (Lipinski definition) is 6. The van der Waals surface area contributed by atoms with Crippen LogP contribution in [0.2, 0.25) is 0 Å². The Balaban J connectivity index is 1.73. The van der Waals surface area contributed by atoms with E-state index in [1.807, 2.05) is 0 Å². The summed E-state index contributed by atoms with van der Waals surface area (Å²) in [5, 5.41) is 0.0104. The van der Waals surface area contributed by atoms with Crippen LogP contribution >= 0.6 is 0 Å². The number of sulfone groups is 1. The fourth-order valence-corrected chi connectivity index (χ4v) is 4.29. The molecule has 1 N–H and O–H groups in total. The topological polar surface area (TPSA) is 98.6 Å². The minimum absolute atomic E-state index is 0.0104. The summed E-state index contributed by atoms with van der Waals surface area (Å²) in [5.74, 6) is -0.203. The van der Waals surface area contributed by atoms with Crippen LogP contribution in [-0.4, -0.2) is 39.8 Å². The lowest BCUT2D eigenvalue weighted by molar-refractivity contribution is -0.286. The second-order valence-corrected chi connectivity index (χ2v) is 8.36. The molecule has 0 aliphatic carbocycles. The molecular formula is C17H12F2N4O4S. The van der Waals surface area contributed by atoms with Crippen molar-refractivity contribution in [1.29, 1.82) is 0 Å². The predicted molar refractivity (Wildman–Crippen MR) is 94.2 cm³/mol. The number of rotatable bonds is 3. The average Bonchev–Trinajstić information content (AvgIpc) is 3.29. The molecule has 0 bridgehead atoms. The van der Waals surface area contributed by atoms with Gasteiger partial charge in [-0.3, -0.25) is 4.40 Å². The van der Waals surface area contributed by atoms with Crippen LogP contribution in [0.25, 0.3) is 28.2 Å². The van der Waals surface area contributed by atoms with Crippen LogP contribution < -0.4 is 9.47 Å². The third-order valence-electron chi connectivity index (χ3n) is 4.39. The van der Waals surface area contributed by atoms with Crippen molar-refractivity contribution in [2.45, 2.75) is 18.2 Å². The zero-order valence-electron chi connectivity index (χ0n) is 14.3. The van der Waals surface area contributed by atoms with Crippen molar-refractivity contribution in [1.82, 2.24) is 19.4 Å². The smallest absolute Gasteiger partial charge is 0.395 e. The van der Waals surface area contributed by atoms with Gasteiger partial charge in [-0.1, -0.05) is 13.0 Å². The number of nitrogens with zero attached hydrogens (tertiary/aromatic N) is 3. The van der Waals surface area contributed by atoms with Crippen LogP contribution in [0.3, 0.4) is 0 Å². The van der Waals surface area contributed by atoms with Gasteiger partial charge in [-0.05, 0) is 12.1 Å². The van der Waals surface area contributed by atoms with Crippen molar-refractivity contribution in [3.05, 3.63) is 36.5 Å². The van der Waals surface area contributed by atoms with E-state index in [-0.39, 0.29) is 33.8 Å². The highest BCUT2D eigenvalue weighted by Gasteiger charge is 2.43. The molecule has 0 radical (unpaired) electrons. The number of aromatic amines is 1. The molecule has 8 nitrogen and oxygen atoms in total. The molecule has 144 valence electrons. The van der Waals surface area contributed by atoms with E-state index < -0.39 is 16.1 Å². The molecule has 4 aromatic rings. The maximum absolute atomic E-state index is 13.2. The molecule has 1 aliphatic rings. The Hall–Kier alpha value is -3.21. The Kier molecular flexibility index (Phi) is 3.27. The summed E-state index contributed by atoms with van der Waals surface area (Å²) in [4.78, 5) is 11.7. The minimum atomic E-state index is -3.73. The zero-order valence-corrected chi connectivity index (χ0v) is 15.1. The van der Waals surface area contributed by atoms with Gasteiger partial charge in [0.1, 0.15) is 11.3 Å². The van der Waals surface area contributed by atoms with E-state index in [0.29, 0.717) is 16.7 Å². The van der Waals surface area contributed by atoms with Gasteiger partial charge in [-0.15, -0.1) is 8.78 Å². The van der Waals surface area contributed by atoms with E-state index in [1.54, 1.807) is 31.3 Å². The number of nitrogens with one attached hydrogen (secondary N) is 1. The summed E-state index contributed by atoms with van der Waals surface area (Å²) in [6.07, 6.45) is -2.12. The Morgan fingerprint density at radius 3 is 2.68 bits per heavy atom. The largest absolute Gasteiger partial charge is 0.586 e. The van der Waals surface area contributed by atoms with E-state index in [9.17, 15) is 17.2 Å². The molecule has 11 heteroatoms. The second-order valence-electron chi connectivity index (χ2n) is 6.17. The predicted octanol–water partition coefficient (Wildman–Crippen LogP) is 2.99. The fraction of sp³-hybridized carbons (Fsp3) is 0.176. The lowest BCUT2D eigenvalue weighted by atomic mass is 10.3. The number of imidazole rings is 2. The lowest BCUT2D eigenvalue weighted by Gasteiger charge is -2.04. The van der Waals surface area contributed by atoms with E-state index >= 15 is 0 Å². The molecule has 0 saturated carbocycles. The maximum Gasteiger partial charge on any atom is 0.586 e. The van der Waals surface area contributed by atoms with Gasteiger partial charge in [0.2, 0.25) is 0 Å². The second kappa shape index (κ2) is 5.41. The molecule has 0 fully saturated rings. The monoisotopic (exact) mass is 406 g/mol. The van der Waals surface area contributed by atoms with Gasteiger partial charge in [0.15, 0.2) is 32.2 Å². The van der Waals surface area contributed by atoms with Crippen molar-refractivity contribution in [3.63, 3.8) is 0 Å². The summed E-state index contributed by atoms with van der Waals surface area (Å²) < 4.78 is 62.2. The van der Waals surface area contributed by atoms with Gasteiger partial charge in [0.05, 0.1) is 16.8 Å². The summed E-state index contributed by atoms with van der Waals surface area (Å²) in [6, 6.07) is 7.75. The Morgan fingerprint density at radius 2 is 1.93 bits per heavy atom. The van der Waals surface area contributed by atoms with Crippen molar-refractivity contribution in [3.8, 4) is 23.0 Å². The molecule has 5 rings (SSSR count). The van der Waals surface area contributed by atoms with Crippen molar-refractivity contribution in [2.24, 2.45) is 0 Å². The summed E-state index contributed by atoms with van der Waals surface area (Å²) in [6.45, 7) is 1.54. The minimum Gasteiger partial charge on any atom is -0.395 e. The summed E-state index contributed by atoms with van der Waals surface area (Å²) in [7, 11) is -3.63. The first kappa shape index (κ1) is 16.9. The van der Waals surface area contributed by atoms with Gasteiger partial charge < -0.3 is 14.5 Å². The number of ether oxygens (including phenoxy) is 2. The SMILES string of the molecule is CCS(=O)(=O)c1c(-c2nc3cc4c(cc3[nH]2)OC(F)(F)O4)nc2ccccn12. The van der Waals surface area contributed by atoms with Gasteiger partial charge in [0, 0.05) is 18.3 Å². The number of H-pyrrole nitrogens is 1. The average molecular weight is 406 g/mol. The number of pyridine rings is 1. The molecule has 0 atom stereocenters. The summed E-state index contributed by atoms with van der Waals surface area (Å²) >= 11 is 0. The number of fused-ring (bicyclic) bond motifs is 3. The molecule has 28 heavy (non-hydrogen) atoms. The van der Waals surface area contributed by atoms with Gasteiger partial charge in [0.25, 0.3) is 0 Å². The maximum atomic E-state index is 13.2. The number of benzene rings is 1. The number of aromatic nitrogens is 4. The molecule has 1 aliphatic heterocycles. The number of hydrogen-bond donors (Lipinski definition) is 1. The quantitative estimate of drug-likeness (QED) is 0.562. The highest BCUT2D eigenvalue weighted by molar-refractivity contribution is 7.91. The molecule has 1 aromatic carbocycles. The highest BCUT2D eigenvalue weighted by Crippen LogP contribution is 2.43. The van der Waals surface area contributed by atoms with Crippen LogP contribution in [0.15, 0.2) is 41.6 Å². The van der Waals surface area contributed by atoms with Crippen LogP contribution in [0.1, 0.15) is 6.92 Å². The van der Waals surface area contributed by atoms with Gasteiger partial charge in [-0.25, -0.2) is 18.4 Å². The molecule has 0 spiro atoms. The lowest BCUT2D eigenvalue weighted by Crippen LogP contribution is -2.25. The highest BCUT2D eigenvalue weighted by atomic mass is 32.2. The van der Waals surface area contributed by atoms with E-state index in [2.05, 4.69) is 24.4 Å². The number of halogens is 2. The third kappa shape index (κ3) is 2.43. The summed E-state index contributed by atoms with van der Waals surface area (Å²) in [5.41, 5.74) is 1.29. The van der Waals surface area contributed by atoms with Crippen molar-refractivity contribution < 1.29 is 26.7 Å². The molecule has 3 aromatic heterocycles. The van der Waals surface area contributed by atoms with E-state index in [0.717, 1.165) is 0 Å². The standard InChI is InChI=1S/C17H12F2N4O4S/c1-2-28(24,25)16-14(22-13-5-3-4-6-23(13)16)15-20-9-7-11-12(8-10(9)21-15)27-17(18,19)26-11/h3-8H,2H2,1H3,(H,20,21). The normalized spacial score (nSPS) is 15.5. The molecular weight excluding hydrogens is 394 g/mol. The number of alkyl halides is 2. The first-order chi connectivity index (χ1) is 13.3. The van der Waals surface area contributed by atoms with Crippen LogP contribution in [-0.2, 0) is 9.84 Å². The molecule has 4 heterocycles. The van der Waals surface area contributed by atoms with Crippen LogP contribution in [0.5, 0.6) is 11.5 Å². The van der Waals surface area contributed by atoms with Crippen LogP contribution in [0.4, 0.5) is 8.78 Å². The van der Waals surface area contributed by atoms with Gasteiger partial charge >= 0.3 is 6.29 Å². The first-order valence-electron chi connectivity index (χ1n) is 8.27.